The van der Waals surface area contributed by atoms with Crippen LogP contribution in [-0.4, -0.2) is 28.5 Å². The second-order valence-electron chi connectivity index (χ2n) is 5.26. The summed E-state index contributed by atoms with van der Waals surface area (Å²) in [7, 11) is 9.53. The van der Waals surface area contributed by atoms with Crippen molar-refractivity contribution in [2.75, 3.05) is 13.3 Å². The molecule has 0 aliphatic heterocycles. The molecule has 20 heavy (non-hydrogen) atoms. The first-order valence-corrected chi connectivity index (χ1v) is 11.3. The summed E-state index contributed by atoms with van der Waals surface area (Å²) in [4.78, 5) is 0. The summed E-state index contributed by atoms with van der Waals surface area (Å²) < 4.78 is 0. The Morgan fingerprint density at radius 2 is 0.950 bits per heavy atom. The summed E-state index contributed by atoms with van der Waals surface area (Å²) in [5.74, 6) is 4.28. The lowest BCUT2D eigenvalue weighted by Crippen LogP contribution is -2.10. The molecule has 0 saturated carbocycles. The van der Waals surface area contributed by atoms with E-state index in [0.717, 1.165) is 0 Å². The van der Waals surface area contributed by atoms with Crippen molar-refractivity contribution in [1.82, 2.24) is 0 Å². The van der Waals surface area contributed by atoms with Gasteiger partial charge in [0.1, 0.15) is 0 Å². The van der Waals surface area contributed by atoms with E-state index in [9.17, 15) is 0 Å². The Labute approximate surface area is 126 Å². The molecular weight excluding hydrogens is 276 g/mol. The average Bonchev–Trinajstić information content (AvgIpc) is 2.47. The SMILES string of the molecule is [B-][P+](C)(/C=C/[P+]([B-])(C)c1ccccc1)c1ccccc1. The van der Waals surface area contributed by atoms with Crippen molar-refractivity contribution in [3.63, 3.8) is 0 Å². The smallest absolute Gasteiger partial charge is 0.0459 e. The van der Waals surface area contributed by atoms with Gasteiger partial charge in [0.05, 0.1) is 0 Å². The monoisotopic (exact) mass is 294 g/mol. The minimum absolute atomic E-state index is 1.20. The lowest BCUT2D eigenvalue weighted by Gasteiger charge is -2.32. The lowest BCUT2D eigenvalue weighted by atomic mass is 10.4. The zero-order valence-electron chi connectivity index (χ0n) is 12.0. The summed E-state index contributed by atoms with van der Waals surface area (Å²) in [6.07, 6.45) is 0. The van der Waals surface area contributed by atoms with E-state index in [0.29, 0.717) is 0 Å². The average molecular weight is 294 g/mol. The summed E-state index contributed by atoms with van der Waals surface area (Å²) in [5, 5.41) is 2.40. The maximum absolute atomic E-state index is 6.51. The van der Waals surface area contributed by atoms with Crippen LogP contribution in [0, 0.1) is 0 Å². The van der Waals surface area contributed by atoms with Crippen molar-refractivity contribution >= 4 is 40.0 Å². The summed E-state index contributed by atoms with van der Waals surface area (Å²) in [6.45, 7) is 4.23. The van der Waals surface area contributed by atoms with Crippen molar-refractivity contribution in [3.8, 4) is 0 Å². The van der Waals surface area contributed by atoms with Crippen LogP contribution in [-0.2, 0) is 0 Å². The molecule has 2 aromatic carbocycles. The predicted octanol–water partition coefficient (Wildman–Crippen LogP) is 3.57. The summed E-state index contributed by atoms with van der Waals surface area (Å²) in [6, 6.07) is 20.5. The van der Waals surface area contributed by atoms with Crippen LogP contribution in [0.4, 0.5) is 0 Å². The zero-order valence-corrected chi connectivity index (χ0v) is 13.8. The van der Waals surface area contributed by atoms with Gasteiger partial charge in [0.15, 0.2) is 0 Å². The van der Waals surface area contributed by atoms with Crippen LogP contribution in [0.25, 0.3) is 0 Å². The molecule has 0 aliphatic rings. The van der Waals surface area contributed by atoms with E-state index in [1.807, 2.05) is 36.4 Å². The van der Waals surface area contributed by atoms with Crippen LogP contribution < -0.4 is 10.6 Å². The van der Waals surface area contributed by atoms with Gasteiger partial charge in [0.25, 0.3) is 0 Å². The second kappa shape index (κ2) is 6.30. The van der Waals surface area contributed by atoms with Gasteiger partial charge in [0, 0.05) is 35.6 Å². The number of hydrogen-bond acceptors (Lipinski definition) is 0. The number of benzene rings is 2. The van der Waals surface area contributed by atoms with Crippen molar-refractivity contribution < 1.29 is 0 Å². The summed E-state index contributed by atoms with van der Waals surface area (Å²) >= 11 is 0. The molecule has 0 saturated heterocycles. The molecule has 0 aliphatic carbocycles. The quantitative estimate of drug-likeness (QED) is 0.597. The minimum Gasteiger partial charge on any atom is -0.293 e. The van der Waals surface area contributed by atoms with E-state index in [1.54, 1.807) is 0 Å². The standard InChI is InChI=1S/C16H18B2P2/c1-19(17,15-9-5-3-6-10-15)13-14-20(2,18)16-11-7-4-8-12-16/h3-14H,1-2H3/b14-13+. The Morgan fingerprint density at radius 3 is 1.25 bits per heavy atom. The molecule has 2 aromatic rings. The summed E-state index contributed by atoms with van der Waals surface area (Å²) in [5.41, 5.74) is 0. The predicted molar refractivity (Wildman–Crippen MR) is 98.5 cm³/mol. The zero-order chi connectivity index (χ0) is 14.6. The molecule has 0 aromatic heterocycles. The van der Waals surface area contributed by atoms with Gasteiger partial charge in [0.2, 0.25) is 0 Å². The van der Waals surface area contributed by atoms with E-state index < -0.39 is 14.3 Å². The molecule has 4 heteroatoms. The van der Waals surface area contributed by atoms with E-state index in [4.69, 9.17) is 15.1 Å². The Bertz CT molecular complexity index is 524. The van der Waals surface area contributed by atoms with Crippen LogP contribution in [0.5, 0.6) is 0 Å². The first-order valence-electron chi connectivity index (χ1n) is 6.53. The molecule has 2 rings (SSSR count). The molecule has 0 nitrogen and oxygen atoms in total. The normalized spacial score (nSPS) is 17.6. The third-order valence-corrected chi connectivity index (χ3v) is 7.90. The highest BCUT2D eigenvalue weighted by Gasteiger charge is 2.16. The van der Waals surface area contributed by atoms with Crippen LogP contribution in [0.1, 0.15) is 0 Å². The van der Waals surface area contributed by atoms with Gasteiger partial charge in [-0.3, -0.25) is 15.1 Å². The first-order chi connectivity index (χ1) is 9.42. The molecule has 0 spiro atoms. The maximum atomic E-state index is 6.51. The van der Waals surface area contributed by atoms with E-state index in [-0.39, 0.29) is 0 Å². The molecule has 0 amide bonds. The van der Waals surface area contributed by atoms with Gasteiger partial charge in [-0.25, -0.2) is 0 Å². The Hall–Kier alpha value is -0.830. The molecular formula is C16H18B2P2. The molecule has 0 fully saturated rings. The van der Waals surface area contributed by atoms with Crippen molar-refractivity contribution in [2.45, 2.75) is 0 Å². The molecule has 0 heterocycles. The molecule has 0 bridgehead atoms. The van der Waals surface area contributed by atoms with Crippen LogP contribution in [0.2, 0.25) is 0 Å². The van der Waals surface area contributed by atoms with Crippen molar-refractivity contribution in [3.05, 3.63) is 72.3 Å². The Morgan fingerprint density at radius 1 is 0.650 bits per heavy atom. The van der Waals surface area contributed by atoms with E-state index in [2.05, 4.69) is 49.2 Å². The fraction of sp³-hybridized carbons (Fsp3) is 0.125. The largest absolute Gasteiger partial charge is 0.293 e. The maximum Gasteiger partial charge on any atom is 0.0459 e. The molecule has 6 radical (unpaired) electrons. The van der Waals surface area contributed by atoms with Crippen LogP contribution in [0.15, 0.2) is 72.3 Å². The van der Waals surface area contributed by atoms with Gasteiger partial charge in [-0.15, -0.1) is 0 Å². The van der Waals surface area contributed by atoms with Crippen LogP contribution in [0.3, 0.4) is 0 Å². The molecule has 0 N–H and O–H groups in total. The highest BCUT2D eigenvalue weighted by molar-refractivity contribution is 8.07. The lowest BCUT2D eigenvalue weighted by molar-refractivity contribution is 1.77. The fourth-order valence-corrected chi connectivity index (χ4v) is 6.14. The van der Waals surface area contributed by atoms with Gasteiger partial charge < -0.3 is 0 Å². The minimum atomic E-state index is -1.74. The van der Waals surface area contributed by atoms with Gasteiger partial charge in [-0.2, -0.15) is 14.3 Å². The topological polar surface area (TPSA) is 0 Å². The highest BCUT2D eigenvalue weighted by Crippen LogP contribution is 2.57. The van der Waals surface area contributed by atoms with E-state index in [1.165, 1.54) is 10.6 Å². The molecule has 2 unspecified atom stereocenters. The van der Waals surface area contributed by atoms with Gasteiger partial charge in [-0.1, -0.05) is 36.4 Å². The van der Waals surface area contributed by atoms with Crippen LogP contribution >= 0.6 is 14.3 Å². The number of hydrogen-bond donors (Lipinski definition) is 0. The highest BCUT2D eigenvalue weighted by atomic mass is 31.2. The molecule has 2 atom stereocenters. The second-order valence-corrected chi connectivity index (χ2v) is 11.5. The van der Waals surface area contributed by atoms with Gasteiger partial charge >= 0.3 is 0 Å². The van der Waals surface area contributed by atoms with Gasteiger partial charge in [-0.05, 0) is 24.3 Å². The third kappa shape index (κ3) is 3.84. The van der Waals surface area contributed by atoms with Crippen molar-refractivity contribution in [2.24, 2.45) is 0 Å². The molecule has 98 valence electrons. The first kappa shape index (κ1) is 15.6. The Kier molecular flexibility index (Phi) is 4.90. The Balaban J connectivity index is 2.24. The number of rotatable bonds is 4. The van der Waals surface area contributed by atoms with E-state index >= 15 is 0 Å². The fourth-order valence-electron chi connectivity index (χ4n) is 1.95. The third-order valence-electron chi connectivity index (χ3n) is 3.31. The van der Waals surface area contributed by atoms with Crippen molar-refractivity contribution in [1.29, 1.82) is 0 Å².